The van der Waals surface area contributed by atoms with Crippen LogP contribution in [0.3, 0.4) is 0 Å². The van der Waals surface area contributed by atoms with E-state index < -0.39 is 11.6 Å². The predicted octanol–water partition coefficient (Wildman–Crippen LogP) is 3.16. The molecule has 1 amide bonds. The number of piperidine rings is 1. The van der Waals surface area contributed by atoms with Crippen molar-refractivity contribution in [2.24, 2.45) is 0 Å². The number of carboxylic acids is 1. The number of nitrogens with zero attached hydrogens (tertiary/aromatic N) is 1. The van der Waals surface area contributed by atoms with Gasteiger partial charge >= 0.3 is 5.97 Å². The van der Waals surface area contributed by atoms with Gasteiger partial charge in [0.25, 0.3) is 5.91 Å². The van der Waals surface area contributed by atoms with Crippen molar-refractivity contribution in [1.82, 2.24) is 4.90 Å². The summed E-state index contributed by atoms with van der Waals surface area (Å²) in [6.45, 7) is 0.270. The highest BCUT2D eigenvalue weighted by Crippen LogP contribution is 2.37. The van der Waals surface area contributed by atoms with Gasteiger partial charge in [0, 0.05) is 42.9 Å². The zero-order valence-electron chi connectivity index (χ0n) is 15.9. The molecular formula is C22H21NO6. The monoisotopic (exact) mass is 395 g/mol. The normalized spacial score (nSPS) is 16.0. The molecule has 0 radical (unpaired) electrons. The Bertz CT molecular complexity index is 1060. The average molecular weight is 395 g/mol. The van der Waals surface area contributed by atoms with E-state index in [9.17, 15) is 19.8 Å². The number of hydrogen-bond acceptors (Lipinski definition) is 5. The second kappa shape index (κ2) is 7.25. The number of likely N-dealkylation sites (tertiary alicyclic amines) is 1. The highest BCUT2D eigenvalue weighted by Gasteiger charge is 2.41. The molecule has 2 N–H and O–H groups in total. The second-order valence-electron chi connectivity index (χ2n) is 7.16. The summed E-state index contributed by atoms with van der Waals surface area (Å²) in [6, 6.07) is 14.9. The number of carbonyl (C=O) groups excluding carboxylic acids is 1. The number of carbonyl (C=O) groups is 2. The molecule has 29 heavy (non-hydrogen) atoms. The lowest BCUT2D eigenvalue weighted by Gasteiger charge is -2.35. The zero-order chi connectivity index (χ0) is 20.6. The standard InChI is InChI=1S/C22H21NO6/c1-28-15-7-8-16-17(13-15)29-19(18(16)14-5-3-2-4-6-14)20(24)23-11-9-22(27,10-12-23)21(25)26/h2-8,13,27H,9-12H2,1H3,(H,25,26). The van der Waals surface area contributed by atoms with Crippen LogP contribution in [0.15, 0.2) is 52.9 Å². The van der Waals surface area contributed by atoms with Gasteiger partial charge in [0.1, 0.15) is 11.3 Å². The number of rotatable bonds is 4. The molecule has 2 aromatic carbocycles. The van der Waals surface area contributed by atoms with Crippen LogP contribution in [0.4, 0.5) is 0 Å². The van der Waals surface area contributed by atoms with Crippen molar-refractivity contribution < 1.29 is 29.0 Å². The number of hydrogen-bond donors (Lipinski definition) is 2. The first-order valence-electron chi connectivity index (χ1n) is 9.34. The minimum Gasteiger partial charge on any atom is -0.497 e. The molecule has 0 saturated carbocycles. The van der Waals surface area contributed by atoms with E-state index in [0.29, 0.717) is 16.9 Å². The molecule has 4 rings (SSSR count). The van der Waals surface area contributed by atoms with Crippen LogP contribution in [0.25, 0.3) is 22.1 Å². The highest BCUT2D eigenvalue weighted by molar-refractivity contribution is 6.08. The van der Waals surface area contributed by atoms with E-state index in [2.05, 4.69) is 0 Å². The van der Waals surface area contributed by atoms with Crippen LogP contribution in [0.5, 0.6) is 5.75 Å². The molecular weight excluding hydrogens is 374 g/mol. The molecule has 1 fully saturated rings. The number of aliphatic hydroxyl groups is 1. The van der Waals surface area contributed by atoms with Crippen LogP contribution in [0.1, 0.15) is 23.4 Å². The van der Waals surface area contributed by atoms with E-state index in [1.807, 2.05) is 42.5 Å². The van der Waals surface area contributed by atoms with Gasteiger partial charge in [0.05, 0.1) is 7.11 Å². The van der Waals surface area contributed by atoms with Crippen molar-refractivity contribution >= 4 is 22.8 Å². The Labute approximate surface area is 167 Å². The van der Waals surface area contributed by atoms with Gasteiger partial charge in [-0.15, -0.1) is 0 Å². The Morgan fingerprint density at radius 2 is 1.79 bits per heavy atom. The third-order valence-corrected chi connectivity index (χ3v) is 5.43. The summed E-state index contributed by atoms with van der Waals surface area (Å²) >= 11 is 0. The molecule has 1 aliphatic rings. The van der Waals surface area contributed by atoms with Crippen LogP contribution in [-0.2, 0) is 4.79 Å². The van der Waals surface area contributed by atoms with Gasteiger partial charge < -0.3 is 24.3 Å². The Morgan fingerprint density at radius 1 is 1.10 bits per heavy atom. The van der Waals surface area contributed by atoms with E-state index in [4.69, 9.17) is 9.15 Å². The largest absolute Gasteiger partial charge is 0.497 e. The van der Waals surface area contributed by atoms with Crippen LogP contribution >= 0.6 is 0 Å². The molecule has 2 heterocycles. The third-order valence-electron chi connectivity index (χ3n) is 5.43. The molecule has 1 saturated heterocycles. The molecule has 0 spiro atoms. The topological polar surface area (TPSA) is 100 Å². The highest BCUT2D eigenvalue weighted by atomic mass is 16.5. The minimum absolute atomic E-state index is 0.0250. The number of furan rings is 1. The summed E-state index contributed by atoms with van der Waals surface area (Å²) in [6.07, 6.45) is -0.0500. The minimum atomic E-state index is -1.79. The summed E-state index contributed by atoms with van der Waals surface area (Å²) in [5.74, 6) is -0.772. The first-order chi connectivity index (χ1) is 13.9. The Hall–Kier alpha value is -3.32. The van der Waals surface area contributed by atoms with Gasteiger partial charge in [-0.3, -0.25) is 4.79 Å². The molecule has 0 atom stereocenters. The number of carboxylic acid groups (broad SMARTS) is 1. The number of benzene rings is 2. The maximum absolute atomic E-state index is 13.3. The average Bonchev–Trinajstić information content (AvgIpc) is 3.13. The van der Waals surface area contributed by atoms with E-state index in [0.717, 1.165) is 10.9 Å². The molecule has 1 aromatic heterocycles. The van der Waals surface area contributed by atoms with E-state index in [1.165, 1.54) is 4.90 Å². The van der Waals surface area contributed by atoms with E-state index >= 15 is 0 Å². The quantitative estimate of drug-likeness (QED) is 0.704. The van der Waals surface area contributed by atoms with Crippen molar-refractivity contribution in [2.45, 2.75) is 18.4 Å². The second-order valence-corrected chi connectivity index (χ2v) is 7.16. The predicted molar refractivity (Wildman–Crippen MR) is 106 cm³/mol. The van der Waals surface area contributed by atoms with Gasteiger partial charge in [-0.2, -0.15) is 0 Å². The van der Waals surface area contributed by atoms with Crippen molar-refractivity contribution in [3.05, 3.63) is 54.3 Å². The lowest BCUT2D eigenvalue weighted by molar-refractivity contribution is -0.162. The van der Waals surface area contributed by atoms with Crippen molar-refractivity contribution in [3.63, 3.8) is 0 Å². The van der Waals surface area contributed by atoms with Crippen LogP contribution in [-0.4, -0.2) is 52.8 Å². The van der Waals surface area contributed by atoms with Crippen molar-refractivity contribution in [1.29, 1.82) is 0 Å². The summed E-state index contributed by atoms with van der Waals surface area (Å²) in [5, 5.41) is 20.1. The molecule has 0 aliphatic carbocycles. The molecule has 0 bridgehead atoms. The fraction of sp³-hybridized carbons (Fsp3) is 0.273. The number of fused-ring (bicyclic) bond motifs is 1. The molecule has 7 nitrogen and oxygen atoms in total. The molecule has 3 aromatic rings. The molecule has 0 unspecified atom stereocenters. The first-order valence-corrected chi connectivity index (χ1v) is 9.34. The Balaban J connectivity index is 1.75. The van der Waals surface area contributed by atoms with Crippen LogP contribution < -0.4 is 4.74 Å². The van der Waals surface area contributed by atoms with Crippen molar-refractivity contribution in [3.8, 4) is 16.9 Å². The van der Waals surface area contributed by atoms with E-state index in [-0.39, 0.29) is 37.6 Å². The maximum Gasteiger partial charge on any atom is 0.335 e. The Kier molecular flexibility index (Phi) is 4.76. The number of amides is 1. The van der Waals surface area contributed by atoms with Gasteiger partial charge in [-0.25, -0.2) is 4.79 Å². The fourth-order valence-corrected chi connectivity index (χ4v) is 3.68. The van der Waals surface area contributed by atoms with Gasteiger partial charge in [0.2, 0.25) is 5.76 Å². The third kappa shape index (κ3) is 3.34. The van der Waals surface area contributed by atoms with Crippen LogP contribution in [0, 0.1) is 0 Å². The molecule has 150 valence electrons. The summed E-state index contributed by atoms with van der Waals surface area (Å²) in [4.78, 5) is 26.1. The zero-order valence-corrected chi connectivity index (χ0v) is 15.9. The Morgan fingerprint density at radius 3 is 2.41 bits per heavy atom. The fourth-order valence-electron chi connectivity index (χ4n) is 3.68. The summed E-state index contributed by atoms with van der Waals surface area (Å²) in [7, 11) is 1.56. The number of ether oxygens (including phenoxy) is 1. The molecule has 1 aliphatic heterocycles. The van der Waals surface area contributed by atoms with E-state index in [1.54, 1.807) is 13.2 Å². The summed E-state index contributed by atoms with van der Waals surface area (Å²) in [5.41, 5.74) is 0.275. The smallest absolute Gasteiger partial charge is 0.335 e. The van der Waals surface area contributed by atoms with Gasteiger partial charge in [0.15, 0.2) is 5.60 Å². The number of methoxy groups -OCH3 is 1. The number of aliphatic carboxylic acids is 1. The molecule has 7 heteroatoms. The van der Waals surface area contributed by atoms with Crippen LogP contribution in [0.2, 0.25) is 0 Å². The van der Waals surface area contributed by atoms with Gasteiger partial charge in [-0.1, -0.05) is 30.3 Å². The van der Waals surface area contributed by atoms with Crippen molar-refractivity contribution in [2.75, 3.05) is 20.2 Å². The first kappa shape index (κ1) is 19.0. The SMILES string of the molecule is COc1ccc2c(-c3ccccc3)c(C(=O)N3CCC(O)(C(=O)O)CC3)oc2c1. The van der Waals surface area contributed by atoms with Gasteiger partial charge in [-0.05, 0) is 17.7 Å². The lowest BCUT2D eigenvalue weighted by atomic mass is 9.91. The summed E-state index contributed by atoms with van der Waals surface area (Å²) < 4.78 is 11.2. The maximum atomic E-state index is 13.3. The lowest BCUT2D eigenvalue weighted by Crippen LogP contribution is -2.50.